The van der Waals surface area contributed by atoms with Crippen molar-refractivity contribution in [3.63, 3.8) is 0 Å². The Balaban J connectivity index is 1.47. The first-order chi connectivity index (χ1) is 15.6. The van der Waals surface area contributed by atoms with Crippen LogP contribution >= 0.6 is 0 Å². The highest BCUT2D eigenvalue weighted by Crippen LogP contribution is 2.23. The summed E-state index contributed by atoms with van der Waals surface area (Å²) in [6, 6.07) is 13.6. The molecule has 0 unspecified atom stereocenters. The Bertz CT molecular complexity index is 1060. The predicted molar refractivity (Wildman–Crippen MR) is 126 cm³/mol. The number of fused-ring (bicyclic) bond motifs is 1. The molecular weight excluding hydrogens is 404 g/mol. The molecule has 1 amide bonds. The van der Waals surface area contributed by atoms with Crippen LogP contribution in [0.15, 0.2) is 42.5 Å². The van der Waals surface area contributed by atoms with Crippen molar-refractivity contribution in [1.29, 1.82) is 0 Å². The van der Waals surface area contributed by atoms with Gasteiger partial charge in [0.05, 0.1) is 30.8 Å². The van der Waals surface area contributed by atoms with Crippen LogP contribution in [0, 0.1) is 6.92 Å². The summed E-state index contributed by atoms with van der Waals surface area (Å²) >= 11 is 0. The summed E-state index contributed by atoms with van der Waals surface area (Å²) in [4.78, 5) is 19.7. The van der Waals surface area contributed by atoms with E-state index in [1.54, 1.807) is 0 Å². The number of carbonyl (C=O) groups excluding carboxylic acids is 1. The SMILES string of the molecule is CCCCn1c(CN2CCOCC2)nc2cc(NC(=O)COc3ccccc3C)ccc21. The number of ether oxygens (including phenoxy) is 2. The minimum Gasteiger partial charge on any atom is -0.483 e. The van der Waals surface area contributed by atoms with Gasteiger partial charge in [-0.15, -0.1) is 0 Å². The van der Waals surface area contributed by atoms with E-state index in [1.165, 1.54) is 0 Å². The number of nitrogens with zero attached hydrogens (tertiary/aromatic N) is 3. The van der Waals surface area contributed by atoms with Crippen molar-refractivity contribution >= 4 is 22.6 Å². The van der Waals surface area contributed by atoms with Crippen LogP contribution in [0.3, 0.4) is 0 Å². The number of hydrogen-bond acceptors (Lipinski definition) is 5. The smallest absolute Gasteiger partial charge is 0.262 e. The van der Waals surface area contributed by atoms with Crippen molar-refractivity contribution in [2.75, 3.05) is 38.2 Å². The number of amides is 1. The Morgan fingerprint density at radius 1 is 1.19 bits per heavy atom. The van der Waals surface area contributed by atoms with Crippen molar-refractivity contribution in [2.24, 2.45) is 0 Å². The number of imidazole rings is 1. The molecule has 1 fully saturated rings. The van der Waals surface area contributed by atoms with Crippen molar-refractivity contribution in [3.05, 3.63) is 53.9 Å². The second-order valence-corrected chi connectivity index (χ2v) is 8.23. The van der Waals surface area contributed by atoms with Crippen LogP contribution in [0.1, 0.15) is 31.2 Å². The molecule has 170 valence electrons. The average molecular weight is 437 g/mol. The number of para-hydroxylation sites is 1. The number of nitrogens with one attached hydrogen (secondary N) is 1. The third-order valence-electron chi connectivity index (χ3n) is 5.77. The minimum absolute atomic E-state index is 0.0316. The molecule has 0 spiro atoms. The number of aromatic nitrogens is 2. The van der Waals surface area contributed by atoms with E-state index >= 15 is 0 Å². The number of rotatable bonds is 9. The summed E-state index contributed by atoms with van der Waals surface area (Å²) in [7, 11) is 0. The normalized spacial score (nSPS) is 14.6. The van der Waals surface area contributed by atoms with E-state index in [9.17, 15) is 4.79 Å². The lowest BCUT2D eigenvalue weighted by Gasteiger charge is -2.26. The summed E-state index contributed by atoms with van der Waals surface area (Å²) < 4.78 is 13.5. The molecule has 1 aromatic heterocycles. The highest BCUT2D eigenvalue weighted by molar-refractivity contribution is 5.94. The molecule has 0 atom stereocenters. The molecule has 0 aliphatic carbocycles. The van der Waals surface area contributed by atoms with Gasteiger partial charge in [-0.1, -0.05) is 31.5 Å². The summed E-state index contributed by atoms with van der Waals surface area (Å²) in [6.07, 6.45) is 2.24. The monoisotopic (exact) mass is 436 g/mol. The number of morpholine rings is 1. The van der Waals surface area contributed by atoms with E-state index in [0.717, 1.165) is 86.1 Å². The van der Waals surface area contributed by atoms with E-state index in [-0.39, 0.29) is 12.5 Å². The molecule has 3 aromatic rings. The molecule has 1 saturated heterocycles. The van der Waals surface area contributed by atoms with Crippen LogP contribution < -0.4 is 10.1 Å². The lowest BCUT2D eigenvalue weighted by molar-refractivity contribution is -0.118. The van der Waals surface area contributed by atoms with Gasteiger partial charge in [-0.3, -0.25) is 9.69 Å². The zero-order valence-electron chi connectivity index (χ0n) is 19.0. The summed E-state index contributed by atoms with van der Waals surface area (Å²) in [5.41, 5.74) is 3.75. The number of benzene rings is 2. The van der Waals surface area contributed by atoms with Gasteiger partial charge in [-0.2, -0.15) is 0 Å². The fourth-order valence-electron chi connectivity index (χ4n) is 3.96. The molecule has 0 bridgehead atoms. The van der Waals surface area contributed by atoms with E-state index in [4.69, 9.17) is 14.5 Å². The van der Waals surface area contributed by atoms with E-state index in [2.05, 4.69) is 27.8 Å². The van der Waals surface area contributed by atoms with E-state index in [0.29, 0.717) is 0 Å². The van der Waals surface area contributed by atoms with Crippen LogP contribution in [0.2, 0.25) is 0 Å². The second-order valence-electron chi connectivity index (χ2n) is 8.23. The number of hydrogen-bond donors (Lipinski definition) is 1. The van der Waals surface area contributed by atoms with Gasteiger partial charge in [0.2, 0.25) is 0 Å². The molecule has 1 N–H and O–H groups in total. The van der Waals surface area contributed by atoms with Gasteiger partial charge in [0.15, 0.2) is 6.61 Å². The first-order valence-corrected chi connectivity index (χ1v) is 11.4. The van der Waals surface area contributed by atoms with Gasteiger partial charge in [-0.25, -0.2) is 4.98 Å². The third kappa shape index (κ3) is 5.47. The first-order valence-electron chi connectivity index (χ1n) is 11.4. The molecule has 0 saturated carbocycles. The Morgan fingerprint density at radius 2 is 2.00 bits per heavy atom. The topological polar surface area (TPSA) is 68.6 Å². The van der Waals surface area contributed by atoms with Crippen molar-refractivity contribution in [2.45, 2.75) is 39.8 Å². The van der Waals surface area contributed by atoms with Crippen molar-refractivity contribution in [1.82, 2.24) is 14.5 Å². The first kappa shape index (κ1) is 22.3. The van der Waals surface area contributed by atoms with Crippen LogP contribution in [-0.2, 0) is 22.6 Å². The summed E-state index contributed by atoms with van der Waals surface area (Å²) in [5.74, 6) is 1.61. The maximum absolute atomic E-state index is 12.4. The molecule has 1 aliphatic heterocycles. The van der Waals surface area contributed by atoms with Gasteiger partial charge in [0.25, 0.3) is 5.91 Å². The third-order valence-corrected chi connectivity index (χ3v) is 5.77. The second kappa shape index (κ2) is 10.6. The van der Waals surface area contributed by atoms with E-state index < -0.39 is 0 Å². The van der Waals surface area contributed by atoms with Gasteiger partial charge >= 0.3 is 0 Å². The van der Waals surface area contributed by atoms with Crippen molar-refractivity contribution < 1.29 is 14.3 Å². The molecule has 1 aliphatic rings. The molecule has 2 aromatic carbocycles. The fourth-order valence-corrected chi connectivity index (χ4v) is 3.96. The Labute approximate surface area is 189 Å². The molecule has 4 rings (SSSR count). The highest BCUT2D eigenvalue weighted by atomic mass is 16.5. The zero-order valence-corrected chi connectivity index (χ0v) is 19.0. The lowest BCUT2D eigenvalue weighted by atomic mass is 10.2. The maximum Gasteiger partial charge on any atom is 0.262 e. The fraction of sp³-hybridized carbons (Fsp3) is 0.440. The van der Waals surface area contributed by atoms with Crippen LogP contribution in [0.5, 0.6) is 5.75 Å². The van der Waals surface area contributed by atoms with Crippen molar-refractivity contribution in [3.8, 4) is 5.75 Å². The Hall–Kier alpha value is -2.90. The highest BCUT2D eigenvalue weighted by Gasteiger charge is 2.17. The summed E-state index contributed by atoms with van der Waals surface area (Å²) in [5, 5.41) is 2.94. The van der Waals surface area contributed by atoms with Crippen LogP contribution in [0.25, 0.3) is 11.0 Å². The van der Waals surface area contributed by atoms with Gasteiger partial charge in [0.1, 0.15) is 11.6 Å². The average Bonchev–Trinajstić information content (AvgIpc) is 3.13. The zero-order chi connectivity index (χ0) is 22.3. The molecule has 7 nitrogen and oxygen atoms in total. The standard InChI is InChI=1S/C25H32N4O3/c1-3-4-11-29-22-10-9-20(26-25(30)18-32-23-8-6-5-7-19(23)2)16-21(22)27-24(29)17-28-12-14-31-15-13-28/h5-10,16H,3-4,11-15,17-18H2,1-2H3,(H,26,30). The van der Waals surface area contributed by atoms with Crippen LogP contribution in [0.4, 0.5) is 5.69 Å². The lowest BCUT2D eigenvalue weighted by Crippen LogP contribution is -2.36. The number of anilines is 1. The molecule has 32 heavy (non-hydrogen) atoms. The molecule has 0 radical (unpaired) electrons. The summed E-state index contributed by atoms with van der Waals surface area (Å²) in [6.45, 7) is 9.30. The van der Waals surface area contributed by atoms with Crippen LogP contribution in [-0.4, -0.2) is 53.3 Å². The maximum atomic E-state index is 12.4. The quantitative estimate of drug-likeness (QED) is 0.549. The number of aryl methyl sites for hydroxylation is 2. The molecule has 7 heteroatoms. The minimum atomic E-state index is -0.188. The van der Waals surface area contributed by atoms with E-state index in [1.807, 2.05) is 43.3 Å². The van der Waals surface area contributed by atoms with Gasteiger partial charge < -0.3 is 19.4 Å². The predicted octanol–water partition coefficient (Wildman–Crippen LogP) is 3.99. The van der Waals surface area contributed by atoms with Gasteiger partial charge in [0, 0.05) is 25.3 Å². The molecular formula is C25H32N4O3. The Kier molecular flexibility index (Phi) is 7.39. The van der Waals surface area contributed by atoms with Gasteiger partial charge in [-0.05, 0) is 43.2 Å². The number of unbranched alkanes of at least 4 members (excludes halogenated alkanes) is 1. The Morgan fingerprint density at radius 3 is 2.78 bits per heavy atom. The largest absolute Gasteiger partial charge is 0.483 e. The number of carbonyl (C=O) groups is 1. The molecule has 2 heterocycles.